The van der Waals surface area contributed by atoms with E-state index < -0.39 is 0 Å². The van der Waals surface area contributed by atoms with Crippen LogP contribution in [0.25, 0.3) is 0 Å². The van der Waals surface area contributed by atoms with Gasteiger partial charge in [0.2, 0.25) is 5.88 Å². The van der Waals surface area contributed by atoms with Crippen molar-refractivity contribution in [1.29, 1.82) is 0 Å². The summed E-state index contributed by atoms with van der Waals surface area (Å²) in [6.45, 7) is 2.88. The number of hydrogen-bond donors (Lipinski definition) is 2. The maximum atomic E-state index is 12.0. The average molecular weight is 287 g/mol. The van der Waals surface area contributed by atoms with Crippen molar-refractivity contribution in [3.8, 4) is 5.88 Å². The summed E-state index contributed by atoms with van der Waals surface area (Å²) in [5.41, 5.74) is 0.809. The van der Waals surface area contributed by atoms with Gasteiger partial charge >= 0.3 is 0 Å². The van der Waals surface area contributed by atoms with E-state index in [4.69, 9.17) is 4.74 Å². The highest BCUT2D eigenvalue weighted by Gasteiger charge is 2.08. The van der Waals surface area contributed by atoms with Crippen molar-refractivity contribution in [1.82, 2.24) is 15.0 Å². The Morgan fingerprint density at radius 2 is 2.05 bits per heavy atom. The van der Waals surface area contributed by atoms with Gasteiger partial charge in [-0.15, -0.1) is 0 Å². The molecule has 0 bridgehead atoms. The third-order valence-corrected chi connectivity index (χ3v) is 2.64. The first-order valence-corrected chi connectivity index (χ1v) is 6.60. The summed E-state index contributed by atoms with van der Waals surface area (Å²) < 4.78 is 4.95. The van der Waals surface area contributed by atoms with E-state index in [0.717, 1.165) is 13.0 Å². The fourth-order valence-electron chi connectivity index (χ4n) is 1.56. The molecular formula is C14H17N5O2. The Bertz CT molecular complexity index is 583. The van der Waals surface area contributed by atoms with Crippen LogP contribution in [-0.2, 0) is 0 Å². The van der Waals surface area contributed by atoms with Crippen LogP contribution in [0.2, 0.25) is 0 Å². The predicted molar refractivity (Wildman–Crippen MR) is 79.6 cm³/mol. The highest BCUT2D eigenvalue weighted by molar-refractivity contribution is 6.02. The fourth-order valence-corrected chi connectivity index (χ4v) is 1.56. The van der Waals surface area contributed by atoms with Crippen LogP contribution in [0.3, 0.4) is 0 Å². The zero-order valence-electron chi connectivity index (χ0n) is 12.0. The number of hydrogen-bond acceptors (Lipinski definition) is 6. The maximum Gasteiger partial charge on any atom is 0.275 e. The van der Waals surface area contributed by atoms with Crippen molar-refractivity contribution in [3.63, 3.8) is 0 Å². The highest BCUT2D eigenvalue weighted by Crippen LogP contribution is 2.12. The number of amides is 1. The molecule has 0 aliphatic carbocycles. The van der Waals surface area contributed by atoms with Gasteiger partial charge in [-0.05, 0) is 12.5 Å². The molecule has 0 saturated heterocycles. The zero-order chi connectivity index (χ0) is 15.1. The quantitative estimate of drug-likeness (QED) is 0.844. The monoisotopic (exact) mass is 287 g/mol. The smallest absolute Gasteiger partial charge is 0.275 e. The van der Waals surface area contributed by atoms with E-state index in [1.165, 1.54) is 25.7 Å². The van der Waals surface area contributed by atoms with Crippen LogP contribution in [0.15, 0.2) is 30.7 Å². The van der Waals surface area contributed by atoms with Gasteiger partial charge in [0.05, 0.1) is 31.4 Å². The van der Waals surface area contributed by atoms with Crippen LogP contribution in [-0.4, -0.2) is 34.5 Å². The average Bonchev–Trinajstić information content (AvgIpc) is 2.54. The van der Waals surface area contributed by atoms with Crippen LogP contribution >= 0.6 is 0 Å². The van der Waals surface area contributed by atoms with Crippen LogP contribution in [0.5, 0.6) is 5.88 Å². The van der Waals surface area contributed by atoms with Crippen molar-refractivity contribution in [2.45, 2.75) is 13.3 Å². The largest absolute Gasteiger partial charge is 0.481 e. The Kier molecular flexibility index (Phi) is 5.03. The van der Waals surface area contributed by atoms with E-state index in [1.807, 2.05) is 0 Å². The minimum absolute atomic E-state index is 0.243. The first-order valence-electron chi connectivity index (χ1n) is 6.60. The molecule has 0 saturated carbocycles. The predicted octanol–water partition coefficient (Wildman–Crippen LogP) is 1.95. The van der Waals surface area contributed by atoms with E-state index in [1.54, 1.807) is 12.1 Å². The van der Waals surface area contributed by atoms with Crippen LogP contribution in [0.4, 0.5) is 11.5 Å². The lowest BCUT2D eigenvalue weighted by Crippen LogP contribution is -2.14. The maximum absolute atomic E-state index is 12.0. The van der Waals surface area contributed by atoms with Gasteiger partial charge in [-0.3, -0.25) is 4.79 Å². The molecule has 0 aromatic carbocycles. The second-order valence-electron chi connectivity index (χ2n) is 4.26. The molecule has 0 radical (unpaired) electrons. The van der Waals surface area contributed by atoms with Gasteiger partial charge < -0.3 is 15.4 Å². The topological polar surface area (TPSA) is 89.0 Å². The molecule has 2 N–H and O–H groups in total. The number of anilines is 2. The van der Waals surface area contributed by atoms with Gasteiger partial charge in [-0.1, -0.05) is 6.92 Å². The Hall–Kier alpha value is -2.70. The second kappa shape index (κ2) is 7.18. The summed E-state index contributed by atoms with van der Waals surface area (Å²) in [5, 5.41) is 5.79. The summed E-state index contributed by atoms with van der Waals surface area (Å²) in [4.78, 5) is 24.2. The number of nitrogens with one attached hydrogen (secondary N) is 2. The van der Waals surface area contributed by atoms with Gasteiger partial charge in [-0.2, -0.15) is 0 Å². The Labute approximate surface area is 122 Å². The van der Waals surface area contributed by atoms with Crippen LogP contribution in [0, 0.1) is 0 Å². The minimum atomic E-state index is -0.337. The van der Waals surface area contributed by atoms with E-state index >= 15 is 0 Å². The summed E-state index contributed by atoms with van der Waals surface area (Å²) in [5.74, 6) is 0.801. The molecule has 0 unspecified atom stereocenters. The second-order valence-corrected chi connectivity index (χ2v) is 4.26. The van der Waals surface area contributed by atoms with E-state index in [2.05, 4.69) is 32.5 Å². The van der Waals surface area contributed by atoms with Crippen molar-refractivity contribution in [2.24, 2.45) is 0 Å². The molecule has 0 atom stereocenters. The van der Waals surface area contributed by atoms with Crippen LogP contribution in [0.1, 0.15) is 23.8 Å². The Morgan fingerprint density at radius 3 is 2.62 bits per heavy atom. The van der Waals surface area contributed by atoms with Gasteiger partial charge in [-0.25, -0.2) is 15.0 Å². The van der Waals surface area contributed by atoms with Gasteiger partial charge in [0, 0.05) is 12.6 Å². The minimum Gasteiger partial charge on any atom is -0.481 e. The van der Waals surface area contributed by atoms with Crippen LogP contribution < -0.4 is 15.4 Å². The third kappa shape index (κ3) is 4.13. The van der Waals surface area contributed by atoms with Gasteiger partial charge in [0.25, 0.3) is 5.91 Å². The van der Waals surface area contributed by atoms with E-state index in [9.17, 15) is 4.79 Å². The van der Waals surface area contributed by atoms with Crippen molar-refractivity contribution >= 4 is 17.4 Å². The Morgan fingerprint density at radius 1 is 1.19 bits per heavy atom. The normalized spacial score (nSPS) is 10.0. The van der Waals surface area contributed by atoms with Gasteiger partial charge in [0.15, 0.2) is 0 Å². The summed E-state index contributed by atoms with van der Waals surface area (Å²) in [7, 11) is 1.53. The molecule has 0 fully saturated rings. The lowest BCUT2D eigenvalue weighted by molar-refractivity contribution is 0.102. The molecule has 0 spiro atoms. The lowest BCUT2D eigenvalue weighted by atomic mass is 10.3. The number of carbonyl (C=O) groups excluding carboxylic acids is 1. The first-order chi connectivity index (χ1) is 10.2. The number of rotatable bonds is 6. The first kappa shape index (κ1) is 14.7. The fraction of sp³-hybridized carbons (Fsp3) is 0.286. The van der Waals surface area contributed by atoms with Crippen molar-refractivity contribution in [3.05, 3.63) is 36.4 Å². The number of pyridine rings is 1. The molecule has 0 aliphatic heterocycles. The lowest BCUT2D eigenvalue weighted by Gasteiger charge is -2.06. The molecule has 2 rings (SSSR count). The number of carbonyl (C=O) groups is 1. The molecule has 0 aliphatic rings. The molecule has 2 heterocycles. The molecule has 110 valence electrons. The number of aromatic nitrogens is 3. The molecule has 21 heavy (non-hydrogen) atoms. The summed E-state index contributed by atoms with van der Waals surface area (Å²) in [6, 6.07) is 3.37. The van der Waals surface area contributed by atoms with Gasteiger partial charge in [0.1, 0.15) is 11.5 Å². The number of methoxy groups -OCH3 is 1. The molecule has 7 nitrogen and oxygen atoms in total. The molecule has 7 heteroatoms. The Balaban J connectivity index is 1.98. The molecule has 2 aromatic heterocycles. The number of ether oxygens (including phenoxy) is 1. The van der Waals surface area contributed by atoms with Crippen molar-refractivity contribution < 1.29 is 9.53 Å². The standard InChI is InChI=1S/C14H17N5O2/c1-3-6-15-12-9-16-11(8-17-12)14(20)19-10-4-5-13(21-2)18-7-10/h4-5,7-9H,3,6H2,1-2H3,(H,15,17)(H,19,20). The molecular weight excluding hydrogens is 270 g/mol. The number of nitrogens with zero attached hydrogens (tertiary/aromatic N) is 3. The zero-order valence-corrected chi connectivity index (χ0v) is 12.0. The SMILES string of the molecule is CCCNc1cnc(C(=O)Nc2ccc(OC)nc2)cn1. The van der Waals surface area contributed by atoms with Crippen molar-refractivity contribution in [2.75, 3.05) is 24.3 Å². The highest BCUT2D eigenvalue weighted by atomic mass is 16.5. The summed E-state index contributed by atoms with van der Waals surface area (Å²) in [6.07, 6.45) is 5.48. The molecule has 1 amide bonds. The van der Waals surface area contributed by atoms with E-state index in [0.29, 0.717) is 17.4 Å². The molecule has 2 aromatic rings. The third-order valence-electron chi connectivity index (χ3n) is 2.64. The van der Waals surface area contributed by atoms with E-state index in [-0.39, 0.29) is 11.6 Å². The summed E-state index contributed by atoms with van der Waals surface area (Å²) >= 11 is 0.